The van der Waals surface area contributed by atoms with Gasteiger partial charge in [0.2, 0.25) is 5.91 Å². The van der Waals surface area contributed by atoms with E-state index in [4.69, 9.17) is 5.11 Å². The van der Waals surface area contributed by atoms with Crippen molar-refractivity contribution in [2.24, 2.45) is 0 Å². The van der Waals surface area contributed by atoms with Crippen molar-refractivity contribution in [3.05, 3.63) is 11.6 Å². The van der Waals surface area contributed by atoms with Gasteiger partial charge in [-0.2, -0.15) is 0 Å². The molecule has 88 valence electrons. The number of aliphatic hydroxyl groups excluding tert-OH is 1. The molecule has 0 fully saturated rings. The third kappa shape index (κ3) is 4.21. The molecule has 1 aliphatic rings. The molecule has 1 rings (SSSR count). The molecule has 3 nitrogen and oxygen atoms in total. The van der Waals surface area contributed by atoms with Crippen LogP contribution in [0.1, 0.15) is 6.42 Å². The van der Waals surface area contributed by atoms with Gasteiger partial charge in [0, 0.05) is 18.7 Å². The van der Waals surface area contributed by atoms with E-state index in [9.17, 15) is 4.79 Å². The van der Waals surface area contributed by atoms with Gasteiger partial charge in [0.05, 0.1) is 0 Å². The Hall–Kier alpha value is -1.05. The molecule has 0 aromatic carbocycles. The lowest BCUT2D eigenvalue weighted by Gasteiger charge is -2.24. The highest BCUT2D eigenvalue weighted by Gasteiger charge is 2.15. The average molecular weight is 237 g/mol. The van der Waals surface area contributed by atoms with Crippen molar-refractivity contribution in [3.8, 4) is 11.5 Å². The fraction of sp³-hybridized carbons (Fsp3) is 0.583. The average Bonchev–Trinajstić information content (AvgIpc) is 2.25. The first kappa shape index (κ1) is 13.0. The minimum Gasteiger partial charge on any atom is -0.387 e. The van der Waals surface area contributed by atoms with Gasteiger partial charge in [0.1, 0.15) is 14.7 Å². The van der Waals surface area contributed by atoms with E-state index in [-0.39, 0.29) is 5.91 Å². The van der Waals surface area contributed by atoms with E-state index in [0.29, 0.717) is 13.1 Å². The van der Waals surface area contributed by atoms with Crippen LogP contribution in [0.25, 0.3) is 0 Å². The molecule has 0 aliphatic carbocycles. The van der Waals surface area contributed by atoms with Crippen molar-refractivity contribution in [1.29, 1.82) is 0 Å². The van der Waals surface area contributed by atoms with Gasteiger partial charge < -0.3 is 10.0 Å². The Morgan fingerprint density at radius 1 is 1.56 bits per heavy atom. The second kappa shape index (κ2) is 5.33. The van der Waals surface area contributed by atoms with Crippen LogP contribution < -0.4 is 0 Å². The zero-order chi connectivity index (χ0) is 12.2. The minimum atomic E-state index is -1.31. The topological polar surface area (TPSA) is 40.5 Å². The molecule has 16 heavy (non-hydrogen) atoms. The molecule has 0 saturated heterocycles. The van der Waals surface area contributed by atoms with Gasteiger partial charge in [-0.25, -0.2) is 0 Å². The van der Waals surface area contributed by atoms with Crippen molar-refractivity contribution in [1.82, 2.24) is 4.90 Å². The molecule has 0 aromatic rings. The number of carbonyl (C=O) groups is 1. The summed E-state index contributed by atoms with van der Waals surface area (Å²) in [7, 11) is -1.31. The summed E-state index contributed by atoms with van der Waals surface area (Å²) in [6.45, 7) is 7.49. The van der Waals surface area contributed by atoms with E-state index < -0.39 is 14.7 Å². The molecule has 1 aliphatic heterocycles. The highest BCUT2D eigenvalue weighted by molar-refractivity contribution is 6.83. The molecule has 4 heteroatoms. The van der Waals surface area contributed by atoms with E-state index >= 15 is 0 Å². The highest BCUT2D eigenvalue weighted by atomic mass is 28.3. The van der Waals surface area contributed by atoms with Gasteiger partial charge in [-0.3, -0.25) is 4.79 Å². The Kier molecular flexibility index (Phi) is 4.33. The molecular formula is C12H19NO2Si. The third-order valence-corrected chi connectivity index (χ3v) is 3.17. The Morgan fingerprint density at radius 3 is 2.69 bits per heavy atom. The number of rotatable bonds is 1. The van der Waals surface area contributed by atoms with Gasteiger partial charge in [-0.1, -0.05) is 31.6 Å². The van der Waals surface area contributed by atoms with E-state index in [2.05, 4.69) is 31.1 Å². The van der Waals surface area contributed by atoms with Crippen LogP contribution in [0.2, 0.25) is 19.6 Å². The van der Waals surface area contributed by atoms with Gasteiger partial charge in [0.15, 0.2) is 0 Å². The summed E-state index contributed by atoms with van der Waals surface area (Å²) in [5.41, 5.74) is 4.45. The molecule has 1 amide bonds. The second-order valence-corrected chi connectivity index (χ2v) is 9.73. The molecule has 0 aromatic heterocycles. The molecule has 0 radical (unpaired) electrons. The largest absolute Gasteiger partial charge is 0.387 e. The van der Waals surface area contributed by atoms with Crippen molar-refractivity contribution in [2.75, 3.05) is 19.7 Å². The summed E-state index contributed by atoms with van der Waals surface area (Å²) in [5, 5.41) is 8.73. The van der Waals surface area contributed by atoms with Gasteiger partial charge >= 0.3 is 0 Å². The number of amides is 1. The zero-order valence-corrected chi connectivity index (χ0v) is 11.2. The van der Waals surface area contributed by atoms with E-state index in [0.717, 1.165) is 12.0 Å². The number of hydrogen-bond acceptors (Lipinski definition) is 2. The summed E-state index contributed by atoms with van der Waals surface area (Å²) in [5.74, 6) is 3.01. The van der Waals surface area contributed by atoms with Crippen molar-refractivity contribution in [2.45, 2.75) is 26.1 Å². The van der Waals surface area contributed by atoms with Crippen LogP contribution in [0.4, 0.5) is 0 Å². The number of hydrogen-bond donors (Lipinski definition) is 1. The maximum atomic E-state index is 11.2. The van der Waals surface area contributed by atoms with Crippen LogP contribution in [0.15, 0.2) is 11.6 Å². The number of carbonyl (C=O) groups excluding carboxylic acids is 1. The van der Waals surface area contributed by atoms with Gasteiger partial charge in [0.25, 0.3) is 0 Å². The summed E-state index contributed by atoms with van der Waals surface area (Å²) in [4.78, 5) is 12.9. The minimum absolute atomic E-state index is 0.201. The summed E-state index contributed by atoms with van der Waals surface area (Å²) >= 11 is 0. The zero-order valence-electron chi connectivity index (χ0n) is 10.2. The Labute approximate surface area is 98.2 Å². The van der Waals surface area contributed by atoms with Crippen LogP contribution in [-0.2, 0) is 4.79 Å². The SMILES string of the molecule is C[Si](C)(C)C#CC1=CCN(C(=O)CO)CC1. The maximum absolute atomic E-state index is 11.2. The second-order valence-electron chi connectivity index (χ2n) is 4.98. The molecule has 1 heterocycles. The predicted octanol–water partition coefficient (Wildman–Crippen LogP) is 1.02. The molecule has 0 atom stereocenters. The van der Waals surface area contributed by atoms with Crippen LogP contribution in [0, 0.1) is 11.5 Å². The standard InChI is InChI=1S/C12H19NO2Si/c1-16(2,3)9-6-11-4-7-13(8-5-11)12(15)10-14/h4,14H,5,7-8,10H2,1-3H3. The van der Waals surface area contributed by atoms with Crippen LogP contribution in [0.5, 0.6) is 0 Å². The first-order valence-electron chi connectivity index (χ1n) is 5.53. The molecule has 1 N–H and O–H groups in total. The fourth-order valence-electron chi connectivity index (χ4n) is 1.38. The third-order valence-electron chi connectivity index (χ3n) is 2.30. The monoisotopic (exact) mass is 237 g/mol. The quantitative estimate of drug-likeness (QED) is 0.546. The van der Waals surface area contributed by atoms with Crippen LogP contribution in [-0.4, -0.2) is 43.7 Å². The number of aliphatic hydroxyl groups is 1. The first-order valence-corrected chi connectivity index (χ1v) is 9.03. The fourth-order valence-corrected chi connectivity index (χ4v) is 1.91. The van der Waals surface area contributed by atoms with Crippen LogP contribution >= 0.6 is 0 Å². The molecule has 0 saturated carbocycles. The summed E-state index contributed by atoms with van der Waals surface area (Å²) in [6.07, 6.45) is 2.80. The van der Waals surface area contributed by atoms with Gasteiger partial charge in [-0.15, -0.1) is 5.54 Å². The predicted molar refractivity (Wildman–Crippen MR) is 67.5 cm³/mol. The van der Waals surface area contributed by atoms with E-state index in [1.165, 1.54) is 0 Å². The lowest BCUT2D eigenvalue weighted by molar-refractivity contribution is -0.133. The van der Waals surface area contributed by atoms with E-state index in [1.54, 1.807) is 4.90 Å². The Bertz CT molecular complexity index is 357. The summed E-state index contributed by atoms with van der Waals surface area (Å²) in [6, 6.07) is 0. The Balaban J connectivity index is 2.59. The molecule has 0 bridgehead atoms. The van der Waals surface area contributed by atoms with Crippen molar-refractivity contribution in [3.63, 3.8) is 0 Å². The summed E-state index contributed by atoms with van der Waals surface area (Å²) < 4.78 is 0. The first-order chi connectivity index (χ1) is 7.42. The molecular weight excluding hydrogens is 218 g/mol. The molecule has 0 unspecified atom stereocenters. The smallest absolute Gasteiger partial charge is 0.248 e. The molecule has 0 spiro atoms. The van der Waals surface area contributed by atoms with Crippen molar-refractivity contribution < 1.29 is 9.90 Å². The normalized spacial score (nSPS) is 16.2. The number of nitrogens with zero attached hydrogens (tertiary/aromatic N) is 1. The van der Waals surface area contributed by atoms with Crippen LogP contribution in [0.3, 0.4) is 0 Å². The lowest BCUT2D eigenvalue weighted by Crippen LogP contribution is -2.36. The maximum Gasteiger partial charge on any atom is 0.248 e. The highest BCUT2D eigenvalue weighted by Crippen LogP contribution is 2.10. The lowest BCUT2D eigenvalue weighted by atomic mass is 10.1. The van der Waals surface area contributed by atoms with E-state index in [1.807, 2.05) is 6.08 Å². The Morgan fingerprint density at radius 2 is 2.25 bits per heavy atom. The van der Waals surface area contributed by atoms with Crippen molar-refractivity contribution >= 4 is 14.0 Å². The van der Waals surface area contributed by atoms with Gasteiger partial charge in [-0.05, 0) is 6.42 Å².